The van der Waals surface area contributed by atoms with Crippen molar-refractivity contribution in [2.75, 3.05) is 12.4 Å². The molecule has 0 saturated heterocycles. The summed E-state index contributed by atoms with van der Waals surface area (Å²) < 4.78 is 0. The second-order valence-corrected chi connectivity index (χ2v) is 6.74. The molecule has 4 atom stereocenters. The topological polar surface area (TPSA) is 237 Å². The summed E-state index contributed by atoms with van der Waals surface area (Å²) in [6, 6.07) is -5.66. The molecule has 1 rings (SSSR count). The van der Waals surface area contributed by atoms with Gasteiger partial charge in [-0.25, -0.2) is 9.78 Å². The summed E-state index contributed by atoms with van der Waals surface area (Å²) >= 11 is 3.92. The Labute approximate surface area is 181 Å². The second kappa shape index (κ2) is 12.5. The minimum absolute atomic E-state index is 0.164. The number of carbonyl (C=O) groups excluding carboxylic acids is 3. The number of aromatic nitrogens is 2. The molecule has 0 aromatic carbocycles. The first-order valence-corrected chi connectivity index (χ1v) is 9.52. The van der Waals surface area contributed by atoms with Crippen molar-refractivity contribution in [2.24, 2.45) is 5.73 Å². The van der Waals surface area contributed by atoms with Gasteiger partial charge in [0.1, 0.15) is 24.2 Å². The summed E-state index contributed by atoms with van der Waals surface area (Å²) in [6.45, 7) is -0.677. The standard InChI is InChI=1S/C16H24N6O8S/c17-8(4-23)13(26)22-11(5-31)15(28)20-9(2-12(24)25)14(27)21-10(16(29)30)1-7-3-18-6-19-7/h3,6,8-11,23,31H,1-2,4-5,17H2,(H,18,19)(H,20,28)(H,21,27)(H,22,26)(H,24,25)(H,29,30). The number of aliphatic hydroxyl groups excluding tert-OH is 1. The number of carboxylic acids is 2. The Morgan fingerprint density at radius 3 is 2.10 bits per heavy atom. The lowest BCUT2D eigenvalue weighted by Gasteiger charge is -2.23. The van der Waals surface area contributed by atoms with Crippen molar-refractivity contribution in [3.63, 3.8) is 0 Å². The number of carboxylic acid groups (broad SMARTS) is 2. The lowest BCUT2D eigenvalue weighted by Crippen LogP contribution is -2.58. The van der Waals surface area contributed by atoms with Gasteiger partial charge < -0.3 is 42.0 Å². The van der Waals surface area contributed by atoms with Crippen LogP contribution in [-0.4, -0.2) is 91.5 Å². The van der Waals surface area contributed by atoms with E-state index >= 15 is 0 Å². The Bertz CT molecular complexity index is 789. The third-order valence-corrected chi connectivity index (χ3v) is 4.32. The largest absolute Gasteiger partial charge is 0.481 e. The summed E-state index contributed by atoms with van der Waals surface area (Å²) in [7, 11) is 0. The fourth-order valence-corrected chi connectivity index (χ4v) is 2.56. The van der Waals surface area contributed by atoms with E-state index in [0.717, 1.165) is 0 Å². The van der Waals surface area contributed by atoms with Crippen molar-refractivity contribution in [3.05, 3.63) is 18.2 Å². The molecule has 1 heterocycles. The third kappa shape index (κ3) is 8.61. The summed E-state index contributed by atoms with van der Waals surface area (Å²) in [5.74, 6) is -5.92. The molecular formula is C16H24N6O8S. The van der Waals surface area contributed by atoms with E-state index in [1.54, 1.807) is 0 Å². The molecule has 31 heavy (non-hydrogen) atoms. The molecule has 15 heteroatoms. The maximum Gasteiger partial charge on any atom is 0.326 e. The van der Waals surface area contributed by atoms with Crippen LogP contribution in [0.2, 0.25) is 0 Å². The van der Waals surface area contributed by atoms with E-state index in [1.165, 1.54) is 12.5 Å². The van der Waals surface area contributed by atoms with Crippen LogP contribution in [-0.2, 0) is 30.4 Å². The fourth-order valence-electron chi connectivity index (χ4n) is 2.30. The number of H-pyrrole nitrogens is 1. The van der Waals surface area contributed by atoms with Gasteiger partial charge in [0.15, 0.2) is 0 Å². The SMILES string of the molecule is NC(CO)C(=O)NC(CS)C(=O)NC(CC(=O)O)C(=O)NC(Cc1cnc[nH]1)C(=O)O. The van der Waals surface area contributed by atoms with Crippen LogP contribution in [0.4, 0.5) is 0 Å². The highest BCUT2D eigenvalue weighted by Gasteiger charge is 2.31. The highest BCUT2D eigenvalue weighted by molar-refractivity contribution is 7.80. The van der Waals surface area contributed by atoms with Crippen molar-refractivity contribution in [3.8, 4) is 0 Å². The maximum atomic E-state index is 12.5. The van der Waals surface area contributed by atoms with Gasteiger partial charge in [0, 0.05) is 24.1 Å². The van der Waals surface area contributed by atoms with E-state index in [-0.39, 0.29) is 12.2 Å². The first-order chi connectivity index (χ1) is 14.6. The van der Waals surface area contributed by atoms with Crippen LogP contribution in [0.15, 0.2) is 12.5 Å². The van der Waals surface area contributed by atoms with E-state index in [9.17, 15) is 29.1 Å². The van der Waals surface area contributed by atoms with Crippen LogP contribution >= 0.6 is 12.6 Å². The normalized spacial score (nSPS) is 14.5. The molecule has 1 aromatic heterocycles. The van der Waals surface area contributed by atoms with Gasteiger partial charge in [0.2, 0.25) is 17.7 Å². The van der Waals surface area contributed by atoms with Crippen LogP contribution in [0.1, 0.15) is 12.1 Å². The Morgan fingerprint density at radius 1 is 1.03 bits per heavy atom. The number of thiol groups is 1. The molecule has 14 nitrogen and oxygen atoms in total. The molecule has 0 saturated carbocycles. The number of hydrogen-bond donors (Lipinski definition) is 9. The second-order valence-electron chi connectivity index (χ2n) is 6.37. The highest BCUT2D eigenvalue weighted by atomic mass is 32.1. The predicted molar refractivity (Wildman–Crippen MR) is 107 cm³/mol. The number of nitrogens with one attached hydrogen (secondary N) is 4. The number of rotatable bonds is 13. The summed E-state index contributed by atoms with van der Waals surface area (Å²) in [6.07, 6.45) is 1.66. The van der Waals surface area contributed by atoms with Gasteiger partial charge in [-0.15, -0.1) is 0 Å². The number of carbonyl (C=O) groups is 5. The van der Waals surface area contributed by atoms with Crippen molar-refractivity contribution < 1.29 is 39.3 Å². The number of nitrogens with zero attached hydrogens (tertiary/aromatic N) is 1. The van der Waals surface area contributed by atoms with Gasteiger partial charge in [0.25, 0.3) is 0 Å². The summed E-state index contributed by atoms with van der Waals surface area (Å²) in [5, 5.41) is 33.8. The fraction of sp³-hybridized carbons (Fsp3) is 0.500. The average molecular weight is 460 g/mol. The lowest BCUT2D eigenvalue weighted by atomic mass is 10.1. The smallest absolute Gasteiger partial charge is 0.326 e. The van der Waals surface area contributed by atoms with E-state index in [0.29, 0.717) is 5.69 Å². The van der Waals surface area contributed by atoms with E-state index < -0.39 is 66.9 Å². The predicted octanol–water partition coefficient (Wildman–Crippen LogP) is -3.78. The van der Waals surface area contributed by atoms with Crippen molar-refractivity contribution >= 4 is 42.3 Å². The Morgan fingerprint density at radius 2 is 1.61 bits per heavy atom. The molecule has 0 fully saturated rings. The van der Waals surface area contributed by atoms with E-state index in [1.807, 2.05) is 0 Å². The lowest BCUT2D eigenvalue weighted by molar-refractivity contribution is -0.143. The molecular weight excluding hydrogens is 436 g/mol. The number of amides is 3. The highest BCUT2D eigenvalue weighted by Crippen LogP contribution is 2.02. The number of aliphatic hydroxyl groups is 1. The minimum atomic E-state index is -1.64. The number of imidazole rings is 1. The maximum absolute atomic E-state index is 12.5. The Balaban J connectivity index is 2.88. The molecule has 1 aromatic rings. The van der Waals surface area contributed by atoms with Crippen molar-refractivity contribution in [2.45, 2.75) is 37.0 Å². The molecule has 0 radical (unpaired) electrons. The monoisotopic (exact) mass is 460 g/mol. The molecule has 0 aliphatic heterocycles. The van der Waals surface area contributed by atoms with Crippen LogP contribution in [0.25, 0.3) is 0 Å². The third-order valence-electron chi connectivity index (χ3n) is 3.95. The van der Waals surface area contributed by atoms with E-state index in [4.69, 9.17) is 15.9 Å². The average Bonchev–Trinajstić information content (AvgIpc) is 3.22. The quantitative estimate of drug-likeness (QED) is 0.130. The zero-order valence-electron chi connectivity index (χ0n) is 16.1. The van der Waals surface area contributed by atoms with Crippen LogP contribution in [0.5, 0.6) is 0 Å². The molecule has 3 amide bonds. The van der Waals surface area contributed by atoms with Crippen molar-refractivity contribution in [1.82, 2.24) is 25.9 Å². The molecule has 4 unspecified atom stereocenters. The summed E-state index contributed by atoms with van der Waals surface area (Å²) in [5.41, 5.74) is 5.76. The Hall–Kier alpha value is -3.17. The van der Waals surface area contributed by atoms with Crippen LogP contribution in [0.3, 0.4) is 0 Å². The van der Waals surface area contributed by atoms with E-state index in [2.05, 4.69) is 38.5 Å². The van der Waals surface area contributed by atoms with Gasteiger partial charge in [0.05, 0.1) is 19.4 Å². The Kier molecular flexibility index (Phi) is 10.4. The van der Waals surface area contributed by atoms with Crippen molar-refractivity contribution in [1.29, 1.82) is 0 Å². The molecule has 172 valence electrons. The van der Waals surface area contributed by atoms with Gasteiger partial charge in [-0.05, 0) is 0 Å². The van der Waals surface area contributed by atoms with Gasteiger partial charge in [-0.3, -0.25) is 19.2 Å². The zero-order valence-corrected chi connectivity index (χ0v) is 17.0. The molecule has 0 aliphatic rings. The van der Waals surface area contributed by atoms with Gasteiger partial charge in [-0.2, -0.15) is 12.6 Å². The van der Waals surface area contributed by atoms with Crippen LogP contribution < -0.4 is 21.7 Å². The summed E-state index contributed by atoms with van der Waals surface area (Å²) in [4.78, 5) is 65.7. The first-order valence-electron chi connectivity index (χ1n) is 8.89. The zero-order chi connectivity index (χ0) is 23.6. The number of hydrogen-bond acceptors (Lipinski definition) is 9. The number of nitrogens with two attached hydrogens (primary N) is 1. The first kappa shape index (κ1) is 25.9. The van der Waals surface area contributed by atoms with Gasteiger partial charge in [-0.1, -0.05) is 0 Å². The molecule has 9 N–H and O–H groups in total. The molecule has 0 spiro atoms. The number of aromatic amines is 1. The van der Waals surface area contributed by atoms with Gasteiger partial charge >= 0.3 is 11.9 Å². The minimum Gasteiger partial charge on any atom is -0.481 e. The number of aliphatic carboxylic acids is 2. The van der Waals surface area contributed by atoms with Crippen LogP contribution in [0, 0.1) is 0 Å². The molecule has 0 bridgehead atoms. The molecule has 0 aliphatic carbocycles.